The highest BCUT2D eigenvalue weighted by atomic mass is 35.5. The molecule has 0 bridgehead atoms. The summed E-state index contributed by atoms with van der Waals surface area (Å²) in [6, 6.07) is 3.55. The van der Waals surface area contributed by atoms with Crippen molar-refractivity contribution < 1.29 is 9.53 Å². The number of anilines is 1. The summed E-state index contributed by atoms with van der Waals surface area (Å²) >= 11 is 8.11. The third-order valence-electron chi connectivity index (χ3n) is 3.81. The van der Waals surface area contributed by atoms with E-state index in [9.17, 15) is 4.79 Å². The van der Waals surface area contributed by atoms with Crippen LogP contribution in [0.15, 0.2) is 17.0 Å². The molecule has 1 aromatic carbocycles. The molecule has 3 unspecified atom stereocenters. The molecule has 3 atom stereocenters. The topological polar surface area (TPSA) is 50.4 Å². The first kappa shape index (κ1) is 14.2. The maximum absolute atomic E-state index is 11.8. The molecule has 0 spiro atoms. The zero-order valence-electron chi connectivity index (χ0n) is 11.4. The van der Waals surface area contributed by atoms with Gasteiger partial charge in [0.15, 0.2) is 0 Å². The summed E-state index contributed by atoms with van der Waals surface area (Å²) in [5.41, 5.74) is 1.77. The second-order valence-corrected chi connectivity index (χ2v) is 6.79. The Morgan fingerprint density at radius 3 is 2.95 bits per heavy atom. The predicted molar refractivity (Wildman–Crippen MR) is 81.6 cm³/mol. The molecular weight excluding hydrogens is 296 g/mol. The van der Waals surface area contributed by atoms with Gasteiger partial charge in [-0.05, 0) is 32.5 Å². The second kappa shape index (κ2) is 5.56. The van der Waals surface area contributed by atoms with E-state index < -0.39 is 0 Å². The summed E-state index contributed by atoms with van der Waals surface area (Å²) < 4.78 is 5.58. The van der Waals surface area contributed by atoms with Crippen LogP contribution in [0.25, 0.3) is 0 Å². The van der Waals surface area contributed by atoms with Gasteiger partial charge in [-0.3, -0.25) is 4.79 Å². The van der Waals surface area contributed by atoms with Crippen LogP contribution >= 0.6 is 23.4 Å². The Labute approximate surface area is 127 Å². The summed E-state index contributed by atoms with van der Waals surface area (Å²) in [6.07, 6.45) is 1.27. The highest BCUT2D eigenvalue weighted by molar-refractivity contribution is 8.00. The van der Waals surface area contributed by atoms with Crippen molar-refractivity contribution in [1.82, 2.24) is 5.32 Å². The molecule has 2 aliphatic heterocycles. The molecule has 2 aliphatic rings. The summed E-state index contributed by atoms with van der Waals surface area (Å²) in [7, 11) is 1.77. The summed E-state index contributed by atoms with van der Waals surface area (Å²) in [5.74, 6) is -0.0294. The monoisotopic (exact) mass is 312 g/mol. The molecule has 2 N–H and O–H groups in total. The Kier molecular flexibility index (Phi) is 3.95. The molecule has 3 rings (SSSR count). The molecule has 0 radical (unpaired) electrons. The van der Waals surface area contributed by atoms with E-state index in [4.69, 9.17) is 16.3 Å². The van der Waals surface area contributed by atoms with E-state index in [1.54, 1.807) is 18.8 Å². The van der Waals surface area contributed by atoms with Crippen molar-refractivity contribution >= 4 is 35.0 Å². The number of fused-ring (bicyclic) bond motifs is 1. The van der Waals surface area contributed by atoms with Gasteiger partial charge in [-0.25, -0.2) is 0 Å². The Hall–Kier alpha value is -0.750. The van der Waals surface area contributed by atoms with Crippen LogP contribution in [0.4, 0.5) is 5.69 Å². The minimum atomic E-state index is -0.310. The molecule has 1 saturated heterocycles. The Balaban J connectivity index is 1.87. The summed E-state index contributed by atoms with van der Waals surface area (Å²) in [5, 5.41) is 7.01. The first-order chi connectivity index (χ1) is 9.60. The van der Waals surface area contributed by atoms with Gasteiger partial charge in [0, 0.05) is 28.0 Å². The third kappa shape index (κ3) is 2.44. The molecule has 2 heterocycles. The number of nitrogens with one attached hydrogen (secondary N) is 2. The molecule has 1 aromatic rings. The molecular formula is C14H17ClN2O2S. The summed E-state index contributed by atoms with van der Waals surface area (Å²) in [4.78, 5) is 12.8. The number of amides is 1. The number of hydrogen-bond acceptors (Lipinski definition) is 4. The lowest BCUT2D eigenvalue weighted by Gasteiger charge is -2.15. The van der Waals surface area contributed by atoms with Gasteiger partial charge in [-0.2, -0.15) is 0 Å². The average molecular weight is 313 g/mol. The maximum atomic E-state index is 11.8. The van der Waals surface area contributed by atoms with Crippen molar-refractivity contribution in [3.8, 4) is 0 Å². The van der Waals surface area contributed by atoms with E-state index >= 15 is 0 Å². The lowest BCUT2D eigenvalue weighted by atomic mass is 10.1. The largest absolute Gasteiger partial charge is 0.377 e. The Morgan fingerprint density at radius 2 is 2.30 bits per heavy atom. The van der Waals surface area contributed by atoms with Crippen LogP contribution in [0.2, 0.25) is 5.02 Å². The number of carbonyl (C=O) groups is 1. The highest BCUT2D eigenvalue weighted by Crippen LogP contribution is 2.42. The minimum Gasteiger partial charge on any atom is -0.377 e. The van der Waals surface area contributed by atoms with Crippen molar-refractivity contribution in [2.24, 2.45) is 0 Å². The standard InChI is InChI=1S/C14H17ClN2O2S/c1-7-11(3-4-19-7)20-12-6-10-8(5-9(12)15)13(16-2)14(18)17-10/h5-7,11,13,16H,3-4H2,1-2H3,(H,17,18). The average Bonchev–Trinajstić information content (AvgIpc) is 2.93. The molecule has 0 aromatic heterocycles. The molecule has 1 fully saturated rings. The van der Waals surface area contributed by atoms with Crippen molar-refractivity contribution in [3.05, 3.63) is 22.7 Å². The van der Waals surface area contributed by atoms with Gasteiger partial charge < -0.3 is 15.4 Å². The van der Waals surface area contributed by atoms with Gasteiger partial charge >= 0.3 is 0 Å². The van der Waals surface area contributed by atoms with Crippen LogP contribution < -0.4 is 10.6 Å². The second-order valence-electron chi connectivity index (χ2n) is 5.10. The molecule has 20 heavy (non-hydrogen) atoms. The fourth-order valence-corrected chi connectivity index (χ4v) is 4.14. The number of rotatable bonds is 3. The van der Waals surface area contributed by atoms with Crippen LogP contribution in [0.3, 0.4) is 0 Å². The van der Waals surface area contributed by atoms with E-state index in [-0.39, 0.29) is 18.1 Å². The zero-order valence-corrected chi connectivity index (χ0v) is 13.0. The number of ether oxygens (including phenoxy) is 1. The van der Waals surface area contributed by atoms with E-state index in [1.807, 2.05) is 12.1 Å². The van der Waals surface area contributed by atoms with Gasteiger partial charge in [0.25, 0.3) is 0 Å². The number of likely N-dealkylation sites (N-methyl/N-ethyl adjacent to an activating group) is 1. The highest BCUT2D eigenvalue weighted by Gasteiger charge is 2.31. The van der Waals surface area contributed by atoms with E-state index in [2.05, 4.69) is 17.6 Å². The predicted octanol–water partition coefficient (Wildman–Crippen LogP) is 2.82. The van der Waals surface area contributed by atoms with Gasteiger partial charge in [-0.1, -0.05) is 11.6 Å². The van der Waals surface area contributed by atoms with Crippen molar-refractivity contribution in [1.29, 1.82) is 0 Å². The van der Waals surface area contributed by atoms with Crippen LogP contribution in [0, 0.1) is 0 Å². The van der Waals surface area contributed by atoms with E-state index in [0.29, 0.717) is 10.3 Å². The van der Waals surface area contributed by atoms with Gasteiger partial charge in [-0.15, -0.1) is 11.8 Å². The van der Waals surface area contributed by atoms with Crippen molar-refractivity contribution in [2.45, 2.75) is 35.6 Å². The molecule has 6 heteroatoms. The molecule has 1 amide bonds. The molecule has 4 nitrogen and oxygen atoms in total. The lowest BCUT2D eigenvalue weighted by Crippen LogP contribution is -2.23. The summed E-state index contributed by atoms with van der Waals surface area (Å²) in [6.45, 7) is 2.89. The first-order valence-electron chi connectivity index (χ1n) is 6.70. The van der Waals surface area contributed by atoms with E-state index in [0.717, 1.165) is 29.2 Å². The fraction of sp³-hybridized carbons (Fsp3) is 0.500. The molecule has 0 saturated carbocycles. The number of benzene rings is 1. The van der Waals surface area contributed by atoms with Crippen LogP contribution in [-0.2, 0) is 9.53 Å². The van der Waals surface area contributed by atoms with E-state index in [1.165, 1.54) is 0 Å². The Bertz CT molecular complexity index is 552. The van der Waals surface area contributed by atoms with Gasteiger partial charge in [0.05, 0.1) is 11.1 Å². The molecule has 0 aliphatic carbocycles. The Morgan fingerprint density at radius 1 is 1.50 bits per heavy atom. The lowest BCUT2D eigenvalue weighted by molar-refractivity contribution is -0.117. The van der Waals surface area contributed by atoms with Crippen molar-refractivity contribution in [3.63, 3.8) is 0 Å². The minimum absolute atomic E-state index is 0.0294. The van der Waals surface area contributed by atoms with Crippen LogP contribution in [-0.4, -0.2) is 30.9 Å². The first-order valence-corrected chi connectivity index (χ1v) is 7.95. The number of hydrogen-bond donors (Lipinski definition) is 2. The zero-order chi connectivity index (χ0) is 14.3. The third-order valence-corrected chi connectivity index (χ3v) is 5.75. The normalized spacial score (nSPS) is 28.6. The molecule has 108 valence electrons. The quantitative estimate of drug-likeness (QED) is 0.901. The van der Waals surface area contributed by atoms with Crippen LogP contribution in [0.1, 0.15) is 24.9 Å². The SMILES string of the molecule is CNC1C(=O)Nc2cc(SC3CCOC3C)c(Cl)cc21. The van der Waals surface area contributed by atoms with Crippen molar-refractivity contribution in [2.75, 3.05) is 19.0 Å². The fourth-order valence-electron chi connectivity index (χ4n) is 2.67. The smallest absolute Gasteiger partial charge is 0.246 e. The number of halogens is 1. The number of thioether (sulfide) groups is 1. The van der Waals surface area contributed by atoms with Gasteiger partial charge in [0.1, 0.15) is 6.04 Å². The van der Waals surface area contributed by atoms with Gasteiger partial charge in [0.2, 0.25) is 5.91 Å². The van der Waals surface area contributed by atoms with Crippen LogP contribution in [0.5, 0.6) is 0 Å². The maximum Gasteiger partial charge on any atom is 0.246 e. The number of carbonyl (C=O) groups excluding carboxylic acids is 1.